The summed E-state index contributed by atoms with van der Waals surface area (Å²) in [5, 5.41) is 9.01. The quantitative estimate of drug-likeness (QED) is 0.814. The van der Waals surface area contributed by atoms with E-state index in [1.54, 1.807) is 0 Å². The minimum absolute atomic E-state index is 0.182. The van der Waals surface area contributed by atoms with Crippen molar-refractivity contribution in [1.29, 1.82) is 0 Å². The highest BCUT2D eigenvalue weighted by molar-refractivity contribution is 7.90. The minimum Gasteiger partial charge on any atom is -0.387 e. The molecule has 0 aromatic heterocycles. The van der Waals surface area contributed by atoms with Crippen molar-refractivity contribution in [2.24, 2.45) is 11.8 Å². The van der Waals surface area contributed by atoms with Gasteiger partial charge in [0.15, 0.2) is 0 Å². The summed E-state index contributed by atoms with van der Waals surface area (Å²) < 4.78 is 22.5. The number of amides is 1. The van der Waals surface area contributed by atoms with Gasteiger partial charge in [0.05, 0.1) is 5.75 Å². The van der Waals surface area contributed by atoms with Gasteiger partial charge >= 0.3 is 0 Å². The van der Waals surface area contributed by atoms with Crippen molar-refractivity contribution in [3.63, 3.8) is 0 Å². The van der Waals surface area contributed by atoms with Crippen LogP contribution in [0.4, 0.5) is 0 Å². The molecule has 2 heterocycles. The number of nitrogens with zero attached hydrogens (tertiary/aromatic N) is 1. The summed E-state index contributed by atoms with van der Waals surface area (Å²) in [5.74, 6) is 0.923. The summed E-state index contributed by atoms with van der Waals surface area (Å²) in [6.07, 6.45) is 5.99. The Bertz CT molecular complexity index is 434. The van der Waals surface area contributed by atoms with Crippen LogP contribution in [0, 0.1) is 11.8 Å². The predicted octanol–water partition coefficient (Wildman–Crippen LogP) is 0.431. The lowest BCUT2D eigenvalue weighted by Gasteiger charge is -2.36. The lowest BCUT2D eigenvalue weighted by atomic mass is 9.92. The summed E-state index contributed by atoms with van der Waals surface area (Å²) in [6, 6.07) is 0.197. The van der Waals surface area contributed by atoms with E-state index < -0.39 is 16.4 Å². The molecule has 3 rings (SSSR count). The zero-order valence-corrected chi connectivity index (χ0v) is 12.2. The molecule has 3 fully saturated rings. The number of piperidine rings is 1. The molecule has 0 aromatic rings. The van der Waals surface area contributed by atoms with Crippen LogP contribution in [0.2, 0.25) is 0 Å². The predicted molar refractivity (Wildman–Crippen MR) is 72.4 cm³/mol. The van der Waals surface area contributed by atoms with E-state index in [-0.39, 0.29) is 17.7 Å². The number of sulfone groups is 1. The van der Waals surface area contributed by atoms with Crippen molar-refractivity contribution in [2.75, 3.05) is 25.2 Å². The van der Waals surface area contributed by atoms with E-state index in [1.165, 1.54) is 6.26 Å². The molecule has 0 aromatic carbocycles. The van der Waals surface area contributed by atoms with Crippen LogP contribution in [0.15, 0.2) is 0 Å². The molecule has 2 aliphatic heterocycles. The number of rotatable bonds is 4. The maximum atomic E-state index is 11.7. The standard InChI is InChI=1S/C13H23NO4S/c1-19(17,18)5-4-10-6-11-2-3-12(7-10)14(8-11)13(16)9-15/h10-12,15H,2-9H2,1H3. The Kier molecular flexibility index (Phi) is 4.50. The van der Waals surface area contributed by atoms with Gasteiger partial charge in [0.2, 0.25) is 5.91 Å². The molecule has 0 radical (unpaired) electrons. The van der Waals surface area contributed by atoms with Crippen LogP contribution in [-0.2, 0) is 14.6 Å². The molecule has 1 N–H and O–H groups in total. The first kappa shape index (κ1) is 14.8. The molecule has 3 unspecified atom stereocenters. The monoisotopic (exact) mass is 289 g/mol. The molecule has 0 spiro atoms. The summed E-state index contributed by atoms with van der Waals surface area (Å²) in [7, 11) is -2.91. The molecule has 1 aliphatic carbocycles. The zero-order valence-electron chi connectivity index (χ0n) is 11.4. The molecule has 2 bridgehead atoms. The topological polar surface area (TPSA) is 74.7 Å². The van der Waals surface area contributed by atoms with Crippen LogP contribution >= 0.6 is 0 Å². The molecular formula is C13H23NO4S. The van der Waals surface area contributed by atoms with Crippen molar-refractivity contribution in [3.8, 4) is 0 Å². The average Bonchev–Trinajstić information content (AvgIpc) is 2.65. The van der Waals surface area contributed by atoms with Gasteiger partial charge in [0.1, 0.15) is 16.4 Å². The molecule has 19 heavy (non-hydrogen) atoms. The first-order valence-electron chi connectivity index (χ1n) is 6.97. The molecule has 3 aliphatic rings. The SMILES string of the molecule is CS(=O)(=O)CCC1CC2CCC(C1)N(C(=O)CO)C2. The molecule has 110 valence electrons. The highest BCUT2D eigenvalue weighted by atomic mass is 32.2. The Morgan fingerprint density at radius 3 is 2.68 bits per heavy atom. The number of aliphatic hydroxyl groups excluding tert-OH is 1. The fourth-order valence-corrected chi connectivity index (χ4v) is 4.27. The summed E-state index contributed by atoms with van der Waals surface area (Å²) in [5.41, 5.74) is 0. The van der Waals surface area contributed by atoms with Crippen LogP contribution in [0.25, 0.3) is 0 Å². The second-order valence-electron chi connectivity index (χ2n) is 6.06. The average molecular weight is 289 g/mol. The smallest absolute Gasteiger partial charge is 0.248 e. The van der Waals surface area contributed by atoms with Crippen molar-refractivity contribution in [3.05, 3.63) is 0 Å². The van der Waals surface area contributed by atoms with Gasteiger partial charge in [-0.3, -0.25) is 4.79 Å². The highest BCUT2D eigenvalue weighted by Gasteiger charge is 2.37. The molecule has 5 nitrogen and oxygen atoms in total. The van der Waals surface area contributed by atoms with Gasteiger partial charge in [-0.15, -0.1) is 0 Å². The molecule has 3 atom stereocenters. The molecular weight excluding hydrogens is 266 g/mol. The number of carbonyl (C=O) groups is 1. The summed E-state index contributed by atoms with van der Waals surface area (Å²) in [6.45, 7) is 0.316. The highest BCUT2D eigenvalue weighted by Crippen LogP contribution is 2.37. The normalized spacial score (nSPS) is 31.3. The number of fused-ring (bicyclic) bond motifs is 4. The molecule has 2 saturated heterocycles. The van der Waals surface area contributed by atoms with Crippen LogP contribution in [0.5, 0.6) is 0 Å². The third-order valence-corrected chi connectivity index (χ3v) is 5.41. The second kappa shape index (κ2) is 5.79. The van der Waals surface area contributed by atoms with Crippen molar-refractivity contribution in [2.45, 2.75) is 38.1 Å². The van der Waals surface area contributed by atoms with Crippen LogP contribution in [0.3, 0.4) is 0 Å². The van der Waals surface area contributed by atoms with Gasteiger partial charge in [-0.1, -0.05) is 0 Å². The lowest BCUT2D eigenvalue weighted by Crippen LogP contribution is -2.46. The van der Waals surface area contributed by atoms with E-state index in [0.29, 0.717) is 18.3 Å². The number of hydrogen-bond acceptors (Lipinski definition) is 4. The van der Waals surface area contributed by atoms with E-state index in [0.717, 1.165) is 32.2 Å². The number of carbonyl (C=O) groups excluding carboxylic acids is 1. The van der Waals surface area contributed by atoms with Gasteiger partial charge in [-0.2, -0.15) is 0 Å². The summed E-state index contributed by atoms with van der Waals surface area (Å²) >= 11 is 0. The largest absolute Gasteiger partial charge is 0.387 e. The van der Waals surface area contributed by atoms with Crippen LogP contribution in [0.1, 0.15) is 32.1 Å². The van der Waals surface area contributed by atoms with Gasteiger partial charge in [0, 0.05) is 18.8 Å². The van der Waals surface area contributed by atoms with E-state index >= 15 is 0 Å². The molecule has 1 saturated carbocycles. The lowest BCUT2D eigenvalue weighted by molar-refractivity contribution is -0.138. The number of aliphatic hydroxyl groups is 1. The summed E-state index contributed by atoms with van der Waals surface area (Å²) in [4.78, 5) is 13.5. The van der Waals surface area contributed by atoms with E-state index in [4.69, 9.17) is 5.11 Å². The van der Waals surface area contributed by atoms with Crippen molar-refractivity contribution < 1.29 is 18.3 Å². The van der Waals surface area contributed by atoms with Crippen molar-refractivity contribution in [1.82, 2.24) is 4.90 Å². The Labute approximate surface area is 114 Å². The fraction of sp³-hybridized carbons (Fsp3) is 0.923. The van der Waals surface area contributed by atoms with Crippen LogP contribution in [-0.4, -0.2) is 55.5 Å². The van der Waals surface area contributed by atoms with Crippen LogP contribution < -0.4 is 0 Å². The first-order valence-corrected chi connectivity index (χ1v) is 9.03. The van der Waals surface area contributed by atoms with Gasteiger partial charge in [-0.25, -0.2) is 8.42 Å². The minimum atomic E-state index is -2.91. The van der Waals surface area contributed by atoms with E-state index in [1.807, 2.05) is 4.90 Å². The fourth-order valence-electron chi connectivity index (χ4n) is 3.51. The Balaban J connectivity index is 1.99. The maximum Gasteiger partial charge on any atom is 0.248 e. The third kappa shape index (κ3) is 3.92. The van der Waals surface area contributed by atoms with Gasteiger partial charge in [0.25, 0.3) is 0 Å². The Morgan fingerprint density at radius 1 is 1.32 bits per heavy atom. The molecule has 1 amide bonds. The van der Waals surface area contributed by atoms with E-state index in [9.17, 15) is 13.2 Å². The third-order valence-electron chi connectivity index (χ3n) is 4.43. The Hall–Kier alpha value is -0.620. The Morgan fingerprint density at radius 2 is 2.05 bits per heavy atom. The first-order chi connectivity index (χ1) is 8.89. The number of hydrogen-bond donors (Lipinski definition) is 1. The van der Waals surface area contributed by atoms with Gasteiger partial charge in [-0.05, 0) is 43.9 Å². The van der Waals surface area contributed by atoms with Crippen molar-refractivity contribution >= 4 is 15.7 Å². The second-order valence-corrected chi connectivity index (χ2v) is 8.32. The molecule has 6 heteroatoms. The maximum absolute atomic E-state index is 11.7. The van der Waals surface area contributed by atoms with Gasteiger partial charge < -0.3 is 10.0 Å². The zero-order chi connectivity index (χ0) is 14.0. The van der Waals surface area contributed by atoms with E-state index in [2.05, 4.69) is 0 Å².